The zero-order valence-corrected chi connectivity index (χ0v) is 22.8. The van der Waals surface area contributed by atoms with Gasteiger partial charge in [0.25, 0.3) is 0 Å². The van der Waals surface area contributed by atoms with Crippen LogP contribution in [-0.2, 0) is 20.3 Å². The molecule has 1 saturated carbocycles. The molecule has 33 heavy (non-hydrogen) atoms. The molecule has 1 fully saturated rings. The van der Waals surface area contributed by atoms with Crippen LogP contribution in [-0.4, -0.2) is 41.6 Å². The summed E-state index contributed by atoms with van der Waals surface area (Å²) in [5, 5.41) is 11.0. The highest BCUT2D eigenvalue weighted by Crippen LogP contribution is 2.38. The smallest absolute Gasteiger partial charge is 0.415 e. The quantitative estimate of drug-likeness (QED) is 0.390. The molecule has 0 amide bonds. The number of hydrogen-bond donors (Lipinski definition) is 1. The van der Waals surface area contributed by atoms with Crippen molar-refractivity contribution in [1.82, 2.24) is 0 Å². The third kappa shape index (κ3) is 7.29. The molecule has 1 aliphatic carbocycles. The van der Waals surface area contributed by atoms with E-state index in [0.29, 0.717) is 19.4 Å². The Balaban J connectivity index is 2.49. The minimum atomic E-state index is -4.47. The van der Waals surface area contributed by atoms with Crippen molar-refractivity contribution in [2.75, 3.05) is 12.4 Å². The minimum Gasteiger partial charge on any atom is -0.415 e. The molecule has 0 aromatic heterocycles. The van der Waals surface area contributed by atoms with Crippen LogP contribution in [0.25, 0.3) is 0 Å². The van der Waals surface area contributed by atoms with E-state index in [2.05, 4.69) is 33.9 Å². The van der Waals surface area contributed by atoms with Gasteiger partial charge in [0.1, 0.15) is 0 Å². The maximum absolute atomic E-state index is 14.3. The summed E-state index contributed by atoms with van der Waals surface area (Å²) in [7, 11) is -5.25. The van der Waals surface area contributed by atoms with Crippen molar-refractivity contribution >= 4 is 18.0 Å². The summed E-state index contributed by atoms with van der Waals surface area (Å²) in [5.41, 5.74) is -1.92. The number of benzene rings is 1. The fourth-order valence-electron chi connectivity index (χ4n) is 3.65. The van der Waals surface area contributed by atoms with E-state index in [1.807, 2.05) is 13.8 Å². The van der Waals surface area contributed by atoms with Gasteiger partial charge < -0.3 is 9.53 Å². The van der Waals surface area contributed by atoms with Gasteiger partial charge in [-0.15, -0.1) is 0 Å². The highest BCUT2D eigenvalue weighted by Gasteiger charge is 2.39. The molecule has 9 heteroatoms. The number of halogens is 3. The van der Waals surface area contributed by atoms with Gasteiger partial charge in [0.15, 0.2) is 8.32 Å². The molecule has 1 aliphatic rings. The van der Waals surface area contributed by atoms with Crippen LogP contribution in [0.15, 0.2) is 33.5 Å². The lowest BCUT2D eigenvalue weighted by Gasteiger charge is -2.37. The van der Waals surface area contributed by atoms with E-state index < -0.39 is 41.4 Å². The Morgan fingerprint density at radius 3 is 2.06 bits per heavy atom. The zero-order valence-electron chi connectivity index (χ0n) is 21.0. The second-order valence-electron chi connectivity index (χ2n) is 11.2. The lowest BCUT2D eigenvalue weighted by atomic mass is 10.1. The van der Waals surface area contributed by atoms with E-state index in [4.69, 9.17) is 8.79 Å². The highest BCUT2D eigenvalue weighted by atomic mass is 32.2. The fraction of sp³-hybridized carbons (Fsp3) is 0.750. The first-order valence-electron chi connectivity index (χ1n) is 11.7. The molecular weight excluding hydrogens is 467 g/mol. The monoisotopic (exact) mass is 507 g/mol. The molecule has 0 radical (unpaired) electrons. The second-order valence-corrected chi connectivity index (χ2v) is 18.3. The molecule has 0 saturated heterocycles. The van der Waals surface area contributed by atoms with Crippen molar-refractivity contribution in [2.45, 2.75) is 101 Å². The molecule has 0 heterocycles. The first kappa shape index (κ1) is 28.3. The van der Waals surface area contributed by atoms with Gasteiger partial charge in [-0.1, -0.05) is 47.5 Å². The van der Waals surface area contributed by atoms with Crippen molar-refractivity contribution in [3.05, 3.63) is 29.8 Å². The first-order valence-corrected chi connectivity index (χ1v) is 16.3. The van der Waals surface area contributed by atoms with Crippen LogP contribution in [0.1, 0.15) is 65.9 Å². The SMILES string of the molecule is CC(C)[C@H](CO[Si](C)(C)C(C)(C)C)N=S(=O)(CC1(O)CCCC1)c1ccc(C(F)(F)F)cc1. The Hall–Kier alpha value is -0.903. The zero-order chi connectivity index (χ0) is 25.3. The number of alkyl halides is 3. The van der Waals surface area contributed by atoms with Crippen molar-refractivity contribution in [2.24, 2.45) is 10.3 Å². The molecule has 0 bridgehead atoms. The van der Waals surface area contributed by atoms with Crippen LogP contribution in [0.5, 0.6) is 0 Å². The van der Waals surface area contributed by atoms with Gasteiger partial charge in [-0.3, -0.25) is 0 Å². The predicted octanol–water partition coefficient (Wildman–Crippen LogP) is 6.88. The highest BCUT2D eigenvalue weighted by molar-refractivity contribution is 7.93. The maximum atomic E-state index is 14.3. The van der Waals surface area contributed by atoms with Crippen molar-refractivity contribution in [3.8, 4) is 0 Å². The molecule has 4 nitrogen and oxygen atoms in total. The van der Waals surface area contributed by atoms with Gasteiger partial charge in [-0.2, -0.15) is 13.2 Å². The first-order chi connectivity index (χ1) is 14.9. The van der Waals surface area contributed by atoms with Gasteiger partial charge >= 0.3 is 6.18 Å². The summed E-state index contributed by atoms with van der Waals surface area (Å²) in [5.74, 6) is -0.0578. The van der Waals surface area contributed by atoms with E-state index in [9.17, 15) is 22.5 Å². The molecule has 2 atom stereocenters. The summed E-state index contributed by atoms with van der Waals surface area (Å²) >= 11 is 0. The topological polar surface area (TPSA) is 58.9 Å². The molecule has 1 unspecified atom stereocenters. The second kappa shape index (κ2) is 9.99. The molecular formula is C24H40F3NO3SSi. The summed E-state index contributed by atoms with van der Waals surface area (Å²) in [6.07, 6.45) is -1.76. The van der Waals surface area contributed by atoms with E-state index >= 15 is 0 Å². The third-order valence-corrected chi connectivity index (χ3v) is 14.1. The number of aliphatic hydroxyl groups is 1. The molecule has 1 N–H and O–H groups in total. The van der Waals surface area contributed by atoms with Gasteiger partial charge in [-0.25, -0.2) is 8.57 Å². The Morgan fingerprint density at radius 1 is 1.12 bits per heavy atom. The van der Waals surface area contributed by atoms with Crippen molar-refractivity contribution in [3.63, 3.8) is 0 Å². The van der Waals surface area contributed by atoms with Gasteiger partial charge in [0.05, 0.1) is 39.3 Å². The number of rotatable bonds is 8. The Morgan fingerprint density at radius 2 is 1.64 bits per heavy atom. The summed E-state index contributed by atoms with van der Waals surface area (Å²) < 4.78 is 64.7. The molecule has 1 aromatic rings. The maximum Gasteiger partial charge on any atom is 0.416 e. The minimum absolute atomic E-state index is 0.00235. The van der Waals surface area contributed by atoms with Gasteiger partial charge in [0.2, 0.25) is 0 Å². The van der Waals surface area contributed by atoms with E-state index in [1.165, 1.54) is 12.1 Å². The number of nitrogens with zero attached hydrogens (tertiary/aromatic N) is 1. The standard InChI is InChI=1S/C24H40F3NO3SSi/c1-18(2)21(16-31-33(6,7)22(3,4)5)28-32(30,17-23(29)14-8-9-15-23)20-12-10-19(11-13-20)24(25,26)27/h10-13,18,21,29H,8-9,14-17H2,1-7H3/t21-,32?/m0/s1. The largest absolute Gasteiger partial charge is 0.416 e. The Bertz CT molecular complexity index is 908. The third-order valence-electron chi connectivity index (χ3n) is 7.04. The molecule has 190 valence electrons. The summed E-state index contributed by atoms with van der Waals surface area (Å²) in [4.78, 5) is 0.230. The van der Waals surface area contributed by atoms with E-state index in [0.717, 1.165) is 25.0 Å². The summed E-state index contributed by atoms with van der Waals surface area (Å²) in [6, 6.07) is 3.98. The number of hydrogen-bond acceptors (Lipinski definition) is 4. The van der Waals surface area contributed by atoms with Crippen LogP contribution in [0.3, 0.4) is 0 Å². The lowest BCUT2D eigenvalue weighted by Crippen LogP contribution is -2.43. The van der Waals surface area contributed by atoms with Crippen LogP contribution in [0.2, 0.25) is 18.1 Å². The molecule has 0 aliphatic heterocycles. The van der Waals surface area contributed by atoms with Crippen molar-refractivity contribution in [1.29, 1.82) is 0 Å². The molecule has 2 rings (SSSR count). The van der Waals surface area contributed by atoms with Crippen LogP contribution in [0.4, 0.5) is 13.2 Å². The lowest BCUT2D eigenvalue weighted by molar-refractivity contribution is -0.137. The normalized spacial score (nSPS) is 20.0. The Labute approximate surface area is 198 Å². The van der Waals surface area contributed by atoms with Crippen LogP contribution >= 0.6 is 0 Å². The van der Waals surface area contributed by atoms with Gasteiger partial charge in [0, 0.05) is 4.90 Å². The predicted molar refractivity (Wildman–Crippen MR) is 130 cm³/mol. The van der Waals surface area contributed by atoms with E-state index in [-0.39, 0.29) is 21.6 Å². The van der Waals surface area contributed by atoms with Crippen LogP contribution < -0.4 is 0 Å². The molecule has 1 aromatic carbocycles. The van der Waals surface area contributed by atoms with Crippen LogP contribution in [0, 0.1) is 5.92 Å². The average molecular weight is 508 g/mol. The molecule has 0 spiro atoms. The Kier molecular flexibility index (Phi) is 8.58. The van der Waals surface area contributed by atoms with Gasteiger partial charge in [-0.05, 0) is 61.2 Å². The van der Waals surface area contributed by atoms with Crippen molar-refractivity contribution < 1.29 is 26.9 Å². The van der Waals surface area contributed by atoms with E-state index in [1.54, 1.807) is 0 Å². The summed E-state index contributed by atoms with van der Waals surface area (Å²) in [6.45, 7) is 14.9. The fourth-order valence-corrected chi connectivity index (χ4v) is 7.36. The average Bonchev–Trinajstić information content (AvgIpc) is 3.09.